The molecule has 1 fully saturated rings. The van der Waals surface area contributed by atoms with E-state index < -0.39 is 11.6 Å². The molecular weight excluding hydrogens is 504 g/mol. The number of ether oxygens (including phenoxy) is 1. The normalized spacial score (nSPS) is 16.4. The van der Waals surface area contributed by atoms with E-state index in [0.29, 0.717) is 30.3 Å². The van der Waals surface area contributed by atoms with E-state index in [-0.39, 0.29) is 23.4 Å². The van der Waals surface area contributed by atoms with Crippen LogP contribution in [-0.2, 0) is 5.75 Å². The average molecular weight is 540 g/mol. The number of anilines is 3. The van der Waals surface area contributed by atoms with Crippen molar-refractivity contribution in [3.05, 3.63) is 59.3 Å². The summed E-state index contributed by atoms with van der Waals surface area (Å²) in [4.78, 5) is 13.1. The third-order valence-corrected chi connectivity index (χ3v) is 8.01. The van der Waals surface area contributed by atoms with E-state index in [2.05, 4.69) is 50.5 Å². The maximum Gasteiger partial charge on any atom is 0.227 e. The summed E-state index contributed by atoms with van der Waals surface area (Å²) in [6, 6.07) is 9.57. The lowest BCUT2D eigenvalue weighted by molar-refractivity contribution is 0.255. The number of rotatable bonds is 7. The summed E-state index contributed by atoms with van der Waals surface area (Å²) in [5.41, 5.74) is 4.55. The van der Waals surface area contributed by atoms with Gasteiger partial charge in [0.05, 0.1) is 18.4 Å². The van der Waals surface area contributed by atoms with Crippen molar-refractivity contribution in [2.45, 2.75) is 44.4 Å². The van der Waals surface area contributed by atoms with E-state index >= 15 is 4.39 Å². The molecule has 5 rings (SSSR count). The first-order valence-corrected chi connectivity index (χ1v) is 14.6. The number of nitrogens with zero attached hydrogens (tertiary/aromatic N) is 4. The molecule has 2 aliphatic heterocycles. The molecule has 0 atom stereocenters. The lowest BCUT2D eigenvalue weighted by Gasteiger charge is -2.34. The minimum Gasteiger partial charge on any atom is -0.486 e. The van der Waals surface area contributed by atoms with Gasteiger partial charge >= 0.3 is 0 Å². The van der Waals surface area contributed by atoms with Crippen LogP contribution in [0.4, 0.5) is 26.1 Å². The Kier molecular flexibility index (Phi) is 8.04. The molecule has 2 aromatic carbocycles. The molecular formula is C29H35F2N5OS. The molecule has 0 aliphatic carbocycles. The smallest absolute Gasteiger partial charge is 0.227 e. The van der Waals surface area contributed by atoms with Crippen LogP contribution in [0.5, 0.6) is 5.75 Å². The van der Waals surface area contributed by atoms with Gasteiger partial charge in [-0.15, -0.1) is 0 Å². The SMILES string of the molecule is CSCc1cc(Nc2ncc(F)c(-c3cc(F)c4c(c3)N(C(C)C)CCO4)n2)ccc1C1CCN(C)CC1. The van der Waals surface area contributed by atoms with Crippen molar-refractivity contribution in [2.75, 3.05) is 49.8 Å². The highest BCUT2D eigenvalue weighted by molar-refractivity contribution is 7.97. The van der Waals surface area contributed by atoms with E-state index in [9.17, 15) is 4.39 Å². The lowest BCUT2D eigenvalue weighted by Crippen LogP contribution is -2.38. The number of hydrogen-bond acceptors (Lipinski definition) is 7. The Morgan fingerprint density at radius 1 is 1.11 bits per heavy atom. The Bertz CT molecular complexity index is 1300. The first kappa shape index (κ1) is 26.7. The van der Waals surface area contributed by atoms with Crippen molar-refractivity contribution in [3.63, 3.8) is 0 Å². The first-order chi connectivity index (χ1) is 18.3. The van der Waals surface area contributed by atoms with Crippen molar-refractivity contribution in [1.29, 1.82) is 0 Å². The number of nitrogens with one attached hydrogen (secondary N) is 1. The van der Waals surface area contributed by atoms with Gasteiger partial charge < -0.3 is 19.9 Å². The van der Waals surface area contributed by atoms with Crippen LogP contribution in [0.15, 0.2) is 36.5 Å². The van der Waals surface area contributed by atoms with Crippen LogP contribution in [0.3, 0.4) is 0 Å². The van der Waals surface area contributed by atoms with E-state index in [0.717, 1.165) is 43.6 Å². The van der Waals surface area contributed by atoms with Gasteiger partial charge in [-0.1, -0.05) is 6.07 Å². The van der Waals surface area contributed by atoms with Gasteiger partial charge in [-0.3, -0.25) is 0 Å². The summed E-state index contributed by atoms with van der Waals surface area (Å²) in [5, 5.41) is 3.25. The minimum atomic E-state index is -0.608. The van der Waals surface area contributed by atoms with Gasteiger partial charge in [-0.05, 0) is 94.4 Å². The number of aromatic nitrogens is 2. The molecule has 6 nitrogen and oxygen atoms in total. The number of benzene rings is 2. The molecule has 0 unspecified atom stereocenters. The fraction of sp³-hybridized carbons (Fsp3) is 0.448. The molecule has 0 amide bonds. The Morgan fingerprint density at radius 2 is 1.89 bits per heavy atom. The highest BCUT2D eigenvalue weighted by atomic mass is 32.2. The fourth-order valence-corrected chi connectivity index (χ4v) is 5.98. The summed E-state index contributed by atoms with van der Waals surface area (Å²) < 4.78 is 35.6. The number of fused-ring (bicyclic) bond motifs is 1. The maximum atomic E-state index is 15.0. The molecule has 0 bridgehead atoms. The molecule has 1 aromatic heterocycles. The van der Waals surface area contributed by atoms with E-state index in [4.69, 9.17) is 4.74 Å². The molecule has 3 aromatic rings. The Hall–Kier alpha value is -2.91. The Morgan fingerprint density at radius 3 is 2.63 bits per heavy atom. The number of likely N-dealkylation sites (tertiary alicyclic amines) is 1. The molecule has 202 valence electrons. The molecule has 1 N–H and O–H groups in total. The molecule has 0 spiro atoms. The standard InChI is InChI=1S/C29H35F2N5OS/c1-18(2)36-11-12-37-28-24(30)14-20(15-26(28)36)27-25(31)16-32-29(34-27)33-22-5-6-23(21(13-22)17-38-4)19-7-9-35(3)10-8-19/h5-6,13-16,18-19H,7-12,17H2,1-4H3,(H,32,33,34). The third kappa shape index (κ3) is 5.59. The van der Waals surface area contributed by atoms with E-state index in [1.165, 1.54) is 17.2 Å². The highest BCUT2D eigenvalue weighted by Crippen LogP contribution is 2.39. The van der Waals surface area contributed by atoms with Crippen molar-refractivity contribution in [1.82, 2.24) is 14.9 Å². The minimum absolute atomic E-state index is 0.0470. The van der Waals surface area contributed by atoms with Crippen LogP contribution in [0.2, 0.25) is 0 Å². The molecule has 9 heteroatoms. The van der Waals surface area contributed by atoms with Gasteiger partial charge in [0.2, 0.25) is 5.95 Å². The van der Waals surface area contributed by atoms with Crippen molar-refractivity contribution in [2.24, 2.45) is 0 Å². The van der Waals surface area contributed by atoms with Gasteiger partial charge in [0, 0.05) is 23.0 Å². The number of halogens is 2. The molecule has 38 heavy (non-hydrogen) atoms. The quantitative estimate of drug-likeness (QED) is 0.371. The fourth-order valence-electron chi connectivity index (χ4n) is 5.42. The zero-order chi connectivity index (χ0) is 26.8. The average Bonchev–Trinajstić information content (AvgIpc) is 2.90. The highest BCUT2D eigenvalue weighted by Gasteiger charge is 2.26. The first-order valence-electron chi connectivity index (χ1n) is 13.2. The van der Waals surface area contributed by atoms with Crippen LogP contribution < -0.4 is 15.0 Å². The van der Waals surface area contributed by atoms with Gasteiger partial charge in [0.25, 0.3) is 0 Å². The topological polar surface area (TPSA) is 53.5 Å². The van der Waals surface area contributed by atoms with Gasteiger partial charge in [0.1, 0.15) is 12.3 Å². The van der Waals surface area contributed by atoms with E-state index in [1.807, 2.05) is 19.9 Å². The number of piperidine rings is 1. The molecule has 0 radical (unpaired) electrons. The van der Waals surface area contributed by atoms with Gasteiger partial charge in [-0.25, -0.2) is 18.7 Å². The van der Waals surface area contributed by atoms with Crippen LogP contribution in [0, 0.1) is 11.6 Å². The summed E-state index contributed by atoms with van der Waals surface area (Å²) in [5.74, 6) is 0.802. The predicted octanol–water partition coefficient (Wildman–Crippen LogP) is 6.44. The van der Waals surface area contributed by atoms with Crippen molar-refractivity contribution >= 4 is 29.1 Å². The van der Waals surface area contributed by atoms with Crippen LogP contribution in [-0.4, -0.2) is 60.5 Å². The van der Waals surface area contributed by atoms with E-state index in [1.54, 1.807) is 17.8 Å². The zero-order valence-electron chi connectivity index (χ0n) is 22.4. The summed E-state index contributed by atoms with van der Waals surface area (Å²) in [6.07, 6.45) is 5.56. The van der Waals surface area contributed by atoms with Gasteiger partial charge in [-0.2, -0.15) is 11.8 Å². The summed E-state index contributed by atoms with van der Waals surface area (Å²) >= 11 is 1.80. The second kappa shape index (κ2) is 11.5. The summed E-state index contributed by atoms with van der Waals surface area (Å²) in [6.45, 7) is 7.34. The molecule has 1 saturated heterocycles. The summed E-state index contributed by atoms with van der Waals surface area (Å²) in [7, 11) is 2.18. The Balaban J connectivity index is 1.44. The van der Waals surface area contributed by atoms with Gasteiger partial charge in [0.15, 0.2) is 17.4 Å². The number of thioether (sulfide) groups is 1. The molecule has 3 heterocycles. The molecule has 2 aliphatic rings. The van der Waals surface area contributed by atoms with Crippen LogP contribution >= 0.6 is 11.8 Å². The van der Waals surface area contributed by atoms with Crippen LogP contribution in [0.25, 0.3) is 11.3 Å². The monoisotopic (exact) mass is 539 g/mol. The van der Waals surface area contributed by atoms with Crippen LogP contribution in [0.1, 0.15) is 43.7 Å². The predicted molar refractivity (Wildman–Crippen MR) is 152 cm³/mol. The largest absolute Gasteiger partial charge is 0.486 e. The Labute approximate surface area is 227 Å². The maximum absolute atomic E-state index is 15.0. The zero-order valence-corrected chi connectivity index (χ0v) is 23.2. The van der Waals surface area contributed by atoms with Crippen molar-refractivity contribution < 1.29 is 13.5 Å². The molecule has 0 saturated carbocycles. The van der Waals surface area contributed by atoms with Crippen molar-refractivity contribution in [3.8, 4) is 17.0 Å². The second-order valence-electron chi connectivity index (χ2n) is 10.4. The second-order valence-corrected chi connectivity index (χ2v) is 11.2. The number of hydrogen-bond donors (Lipinski definition) is 1. The third-order valence-electron chi connectivity index (χ3n) is 7.41. The lowest BCUT2D eigenvalue weighted by atomic mass is 9.87.